The van der Waals surface area contributed by atoms with E-state index in [4.69, 9.17) is 0 Å². The van der Waals surface area contributed by atoms with Gasteiger partial charge in [0.05, 0.1) is 0 Å². The van der Waals surface area contributed by atoms with Gasteiger partial charge >= 0.3 is 0 Å². The largest absolute Gasteiger partial charge is 0.356 e. The van der Waals surface area contributed by atoms with E-state index in [-0.39, 0.29) is 11.8 Å². The molecule has 3 rings (SSSR count). The average Bonchev–Trinajstić information content (AvgIpc) is 2.56. The van der Waals surface area contributed by atoms with E-state index in [0.717, 1.165) is 43.1 Å². The summed E-state index contributed by atoms with van der Waals surface area (Å²) < 4.78 is 0. The Morgan fingerprint density at radius 1 is 1.18 bits per heavy atom. The van der Waals surface area contributed by atoms with Gasteiger partial charge in [0, 0.05) is 36.5 Å². The third-order valence-electron chi connectivity index (χ3n) is 4.02. The van der Waals surface area contributed by atoms with E-state index in [9.17, 15) is 4.79 Å². The van der Waals surface area contributed by atoms with Crippen molar-refractivity contribution in [2.75, 3.05) is 23.3 Å². The number of hydrogen-bond donors (Lipinski definition) is 1. The second-order valence-corrected chi connectivity index (χ2v) is 5.63. The smallest absolute Gasteiger partial charge is 0.227 e. The number of carbonyl (C=O) groups excluding carboxylic acids is 1. The molecular weight excluding hydrogens is 276 g/mol. The average molecular weight is 296 g/mol. The van der Waals surface area contributed by atoms with Gasteiger partial charge in [0.1, 0.15) is 12.1 Å². The SMILES string of the molecule is Cc1cc(N2CCC(C(=O)Nc3ccccc3)CC2)ncn1. The number of nitrogens with zero attached hydrogens (tertiary/aromatic N) is 3. The topological polar surface area (TPSA) is 58.1 Å². The molecule has 0 saturated carbocycles. The summed E-state index contributed by atoms with van der Waals surface area (Å²) in [5.74, 6) is 1.14. The summed E-state index contributed by atoms with van der Waals surface area (Å²) >= 11 is 0. The van der Waals surface area contributed by atoms with Crippen molar-refractivity contribution in [1.29, 1.82) is 0 Å². The lowest BCUT2D eigenvalue weighted by Gasteiger charge is -2.32. The van der Waals surface area contributed by atoms with E-state index < -0.39 is 0 Å². The van der Waals surface area contributed by atoms with E-state index in [1.54, 1.807) is 6.33 Å². The molecule has 1 aromatic carbocycles. The van der Waals surface area contributed by atoms with Crippen LogP contribution in [0, 0.1) is 12.8 Å². The van der Waals surface area contributed by atoms with E-state index in [2.05, 4.69) is 20.2 Å². The maximum atomic E-state index is 12.3. The number of para-hydroxylation sites is 1. The van der Waals surface area contributed by atoms with E-state index in [1.807, 2.05) is 43.3 Å². The first-order valence-corrected chi connectivity index (χ1v) is 7.62. The quantitative estimate of drug-likeness (QED) is 0.946. The number of aromatic nitrogens is 2. The van der Waals surface area contributed by atoms with Crippen molar-refractivity contribution in [2.24, 2.45) is 5.92 Å². The molecule has 1 N–H and O–H groups in total. The van der Waals surface area contributed by atoms with Crippen LogP contribution in [0.1, 0.15) is 18.5 Å². The number of benzene rings is 1. The zero-order valence-corrected chi connectivity index (χ0v) is 12.7. The number of nitrogens with one attached hydrogen (secondary N) is 1. The number of amides is 1. The Morgan fingerprint density at radius 2 is 1.91 bits per heavy atom. The zero-order valence-electron chi connectivity index (χ0n) is 12.7. The normalized spacial score (nSPS) is 15.6. The standard InChI is InChI=1S/C17H20N4O/c1-13-11-16(19-12-18-13)21-9-7-14(8-10-21)17(22)20-15-5-3-2-4-6-15/h2-6,11-12,14H,7-10H2,1H3,(H,20,22). The van der Waals surface area contributed by atoms with Crippen molar-refractivity contribution in [3.8, 4) is 0 Å². The maximum Gasteiger partial charge on any atom is 0.227 e. The van der Waals surface area contributed by atoms with Gasteiger partial charge in [0.15, 0.2) is 0 Å². The minimum Gasteiger partial charge on any atom is -0.356 e. The van der Waals surface area contributed by atoms with Crippen molar-refractivity contribution in [3.05, 3.63) is 48.4 Å². The Kier molecular flexibility index (Phi) is 4.32. The Bertz CT molecular complexity index is 636. The predicted octanol–water partition coefficient (Wildman–Crippen LogP) is 2.64. The van der Waals surface area contributed by atoms with Crippen LogP contribution in [-0.4, -0.2) is 29.0 Å². The van der Waals surface area contributed by atoms with Gasteiger partial charge in [0.2, 0.25) is 5.91 Å². The van der Waals surface area contributed by atoms with Gasteiger partial charge in [-0.3, -0.25) is 4.79 Å². The number of rotatable bonds is 3. The molecule has 0 spiro atoms. The number of carbonyl (C=O) groups is 1. The van der Waals surface area contributed by atoms with Gasteiger partial charge in [-0.25, -0.2) is 9.97 Å². The number of anilines is 2. The Morgan fingerprint density at radius 3 is 2.59 bits per heavy atom. The molecule has 1 aliphatic rings. The minimum absolute atomic E-state index is 0.0689. The third-order valence-corrected chi connectivity index (χ3v) is 4.02. The lowest BCUT2D eigenvalue weighted by Crippen LogP contribution is -2.38. The molecule has 5 heteroatoms. The lowest BCUT2D eigenvalue weighted by atomic mass is 9.96. The van der Waals surface area contributed by atoms with Crippen LogP contribution in [0.4, 0.5) is 11.5 Å². The lowest BCUT2D eigenvalue weighted by molar-refractivity contribution is -0.120. The first-order chi connectivity index (χ1) is 10.7. The van der Waals surface area contributed by atoms with Crippen LogP contribution < -0.4 is 10.2 Å². The van der Waals surface area contributed by atoms with Gasteiger partial charge in [-0.15, -0.1) is 0 Å². The highest BCUT2D eigenvalue weighted by Crippen LogP contribution is 2.23. The summed E-state index contributed by atoms with van der Waals surface area (Å²) in [5.41, 5.74) is 1.83. The molecule has 0 bridgehead atoms. The Labute approximate surface area is 130 Å². The summed E-state index contributed by atoms with van der Waals surface area (Å²) in [6.07, 6.45) is 3.29. The highest BCUT2D eigenvalue weighted by atomic mass is 16.1. The molecule has 114 valence electrons. The van der Waals surface area contributed by atoms with Crippen LogP contribution in [-0.2, 0) is 4.79 Å². The fourth-order valence-electron chi connectivity index (χ4n) is 2.75. The summed E-state index contributed by atoms with van der Waals surface area (Å²) in [4.78, 5) is 23.0. The molecule has 2 heterocycles. The highest BCUT2D eigenvalue weighted by molar-refractivity contribution is 5.92. The van der Waals surface area contributed by atoms with Crippen molar-refractivity contribution in [1.82, 2.24) is 9.97 Å². The van der Waals surface area contributed by atoms with Crippen molar-refractivity contribution >= 4 is 17.4 Å². The van der Waals surface area contributed by atoms with Crippen LogP contribution in [0.5, 0.6) is 0 Å². The van der Waals surface area contributed by atoms with E-state index in [0.29, 0.717) is 0 Å². The van der Waals surface area contributed by atoms with Gasteiger partial charge in [-0.1, -0.05) is 18.2 Å². The number of aryl methyl sites for hydroxylation is 1. The predicted molar refractivity (Wildman–Crippen MR) is 86.8 cm³/mol. The summed E-state index contributed by atoms with van der Waals surface area (Å²) in [6.45, 7) is 3.66. The molecule has 0 aliphatic carbocycles. The van der Waals surface area contributed by atoms with E-state index >= 15 is 0 Å². The first-order valence-electron chi connectivity index (χ1n) is 7.62. The molecule has 0 radical (unpaired) electrons. The molecule has 1 aromatic heterocycles. The molecular formula is C17H20N4O. The fourth-order valence-corrected chi connectivity index (χ4v) is 2.75. The van der Waals surface area contributed by atoms with E-state index in [1.165, 1.54) is 0 Å². The zero-order chi connectivity index (χ0) is 15.4. The maximum absolute atomic E-state index is 12.3. The van der Waals surface area contributed by atoms with Gasteiger partial charge in [0.25, 0.3) is 0 Å². The Hall–Kier alpha value is -2.43. The molecule has 1 fully saturated rings. The van der Waals surface area contributed by atoms with Gasteiger partial charge < -0.3 is 10.2 Å². The highest BCUT2D eigenvalue weighted by Gasteiger charge is 2.25. The van der Waals surface area contributed by atoms with Crippen LogP contribution in [0.3, 0.4) is 0 Å². The monoisotopic (exact) mass is 296 g/mol. The van der Waals surface area contributed by atoms with Crippen molar-refractivity contribution in [2.45, 2.75) is 19.8 Å². The molecule has 2 aromatic rings. The fraction of sp³-hybridized carbons (Fsp3) is 0.353. The molecule has 1 saturated heterocycles. The number of hydrogen-bond acceptors (Lipinski definition) is 4. The van der Waals surface area contributed by atoms with Crippen LogP contribution in [0.25, 0.3) is 0 Å². The van der Waals surface area contributed by atoms with Gasteiger partial charge in [-0.2, -0.15) is 0 Å². The van der Waals surface area contributed by atoms with Crippen LogP contribution in [0.15, 0.2) is 42.7 Å². The molecule has 5 nitrogen and oxygen atoms in total. The first kappa shape index (κ1) is 14.5. The van der Waals surface area contributed by atoms with Crippen LogP contribution in [0.2, 0.25) is 0 Å². The second-order valence-electron chi connectivity index (χ2n) is 5.63. The molecule has 1 aliphatic heterocycles. The third kappa shape index (κ3) is 3.42. The second kappa shape index (κ2) is 6.56. The molecule has 22 heavy (non-hydrogen) atoms. The summed E-state index contributed by atoms with van der Waals surface area (Å²) in [5, 5.41) is 2.99. The van der Waals surface area contributed by atoms with Crippen molar-refractivity contribution in [3.63, 3.8) is 0 Å². The molecule has 1 amide bonds. The molecule has 0 atom stereocenters. The van der Waals surface area contributed by atoms with Gasteiger partial charge in [-0.05, 0) is 31.9 Å². The minimum atomic E-state index is 0.0689. The summed E-state index contributed by atoms with van der Waals surface area (Å²) in [6, 6.07) is 11.6. The van der Waals surface area contributed by atoms with Crippen LogP contribution >= 0.6 is 0 Å². The van der Waals surface area contributed by atoms with Crippen molar-refractivity contribution < 1.29 is 4.79 Å². The number of piperidine rings is 1. The summed E-state index contributed by atoms with van der Waals surface area (Å²) in [7, 11) is 0. The molecule has 0 unspecified atom stereocenters. The Balaban J connectivity index is 1.56.